The van der Waals surface area contributed by atoms with Crippen LogP contribution < -0.4 is 14.9 Å². The number of benzene rings is 2. The quantitative estimate of drug-likeness (QED) is 0.296. The van der Waals surface area contributed by atoms with Gasteiger partial charge >= 0.3 is 0 Å². The van der Waals surface area contributed by atoms with Gasteiger partial charge in [-0.25, -0.2) is 10.4 Å². The van der Waals surface area contributed by atoms with E-state index in [1.165, 1.54) is 11.3 Å². The number of ether oxygens (including phenoxy) is 3. The lowest BCUT2D eigenvalue weighted by molar-refractivity contribution is -0.121. The highest BCUT2D eigenvalue weighted by molar-refractivity contribution is 7.14. The Morgan fingerprint density at radius 1 is 1.18 bits per heavy atom. The zero-order valence-electron chi connectivity index (χ0n) is 14.8. The molecule has 142 valence electrons. The van der Waals surface area contributed by atoms with Crippen LogP contribution >= 0.6 is 11.3 Å². The van der Waals surface area contributed by atoms with Crippen molar-refractivity contribution in [1.82, 2.24) is 4.98 Å². The van der Waals surface area contributed by atoms with Crippen molar-refractivity contribution in [2.24, 2.45) is 5.10 Å². The summed E-state index contributed by atoms with van der Waals surface area (Å²) < 4.78 is 16.1. The number of aromatic nitrogens is 1. The van der Waals surface area contributed by atoms with Gasteiger partial charge in [0, 0.05) is 10.9 Å². The molecule has 0 saturated heterocycles. The molecule has 0 unspecified atom stereocenters. The Kier molecular flexibility index (Phi) is 5.48. The Balaban J connectivity index is 1.47. The monoisotopic (exact) mass is 395 g/mol. The van der Waals surface area contributed by atoms with E-state index in [9.17, 15) is 4.79 Å². The highest BCUT2D eigenvalue weighted by Crippen LogP contribution is 2.35. The lowest BCUT2D eigenvalue weighted by Crippen LogP contribution is -2.15. The molecule has 8 heteroatoms. The van der Waals surface area contributed by atoms with E-state index in [-0.39, 0.29) is 5.90 Å². The van der Waals surface area contributed by atoms with Gasteiger partial charge in [0.1, 0.15) is 13.2 Å². The number of anilines is 1. The summed E-state index contributed by atoms with van der Waals surface area (Å²) in [6.45, 7) is 1.46. The van der Waals surface area contributed by atoms with Crippen LogP contribution in [0.1, 0.15) is 5.56 Å². The summed E-state index contributed by atoms with van der Waals surface area (Å²) in [5.41, 5.74) is 5.56. The Hall–Kier alpha value is -3.39. The number of nitrogens with one attached hydrogen (secondary N) is 1. The van der Waals surface area contributed by atoms with E-state index in [4.69, 9.17) is 14.2 Å². The molecule has 1 aliphatic rings. The van der Waals surface area contributed by atoms with Crippen LogP contribution in [0.3, 0.4) is 0 Å². The third-order valence-corrected chi connectivity index (χ3v) is 4.75. The van der Waals surface area contributed by atoms with Crippen molar-refractivity contribution in [3.05, 3.63) is 59.5 Å². The van der Waals surface area contributed by atoms with Crippen LogP contribution in [0.2, 0.25) is 0 Å². The molecule has 0 aliphatic carbocycles. The second-order valence-electron chi connectivity index (χ2n) is 5.89. The van der Waals surface area contributed by atoms with Gasteiger partial charge in [-0.05, 0) is 23.8 Å². The van der Waals surface area contributed by atoms with Crippen LogP contribution in [-0.4, -0.2) is 30.6 Å². The van der Waals surface area contributed by atoms with Crippen LogP contribution in [0.15, 0.2) is 59.0 Å². The smallest absolute Gasteiger partial charge is 0.299 e. The van der Waals surface area contributed by atoms with E-state index >= 15 is 0 Å². The Morgan fingerprint density at radius 3 is 2.82 bits per heavy atom. The number of carbonyl (C=O) groups is 1. The maximum absolute atomic E-state index is 10.8. The summed E-state index contributed by atoms with van der Waals surface area (Å²) >= 11 is 1.40. The first-order chi connectivity index (χ1) is 13.8. The maximum atomic E-state index is 10.8. The van der Waals surface area contributed by atoms with Gasteiger partial charge in [0.15, 0.2) is 11.5 Å². The third kappa shape index (κ3) is 4.29. The SMILES string of the molecule is O=CO/C(Cc1ccccc1)=N/Nc1nc(-c2ccc3c(c2)OCCO3)cs1. The van der Waals surface area contributed by atoms with Crippen molar-refractivity contribution >= 4 is 28.8 Å². The standard InChI is InChI=1S/C20H17N3O4S/c24-13-27-19(10-14-4-2-1-3-5-14)22-23-20-21-16(12-28-20)15-6-7-17-18(11-15)26-9-8-25-17/h1-7,11-13H,8-10H2,(H,21,23)/b22-19+. The number of hydrogen-bond donors (Lipinski definition) is 1. The van der Waals surface area contributed by atoms with Gasteiger partial charge in [-0.1, -0.05) is 30.3 Å². The minimum absolute atomic E-state index is 0.261. The molecule has 3 aromatic rings. The van der Waals surface area contributed by atoms with Gasteiger partial charge in [-0.3, -0.25) is 4.79 Å². The van der Waals surface area contributed by atoms with E-state index < -0.39 is 0 Å². The molecule has 0 amide bonds. The van der Waals surface area contributed by atoms with E-state index in [0.29, 0.717) is 37.0 Å². The molecule has 4 rings (SSSR count). The van der Waals surface area contributed by atoms with Gasteiger partial charge in [0.2, 0.25) is 11.0 Å². The van der Waals surface area contributed by atoms with Crippen LogP contribution in [0.5, 0.6) is 11.5 Å². The molecule has 0 spiro atoms. The lowest BCUT2D eigenvalue weighted by Gasteiger charge is -2.18. The fourth-order valence-corrected chi connectivity index (χ4v) is 3.37. The van der Waals surface area contributed by atoms with Gasteiger partial charge in [0.25, 0.3) is 6.47 Å². The molecular weight excluding hydrogens is 378 g/mol. The lowest BCUT2D eigenvalue weighted by atomic mass is 10.1. The molecule has 0 fully saturated rings. The topological polar surface area (TPSA) is 82.0 Å². The van der Waals surface area contributed by atoms with Crippen molar-refractivity contribution < 1.29 is 19.0 Å². The molecule has 0 saturated carbocycles. The van der Waals surface area contributed by atoms with Crippen LogP contribution in [0, 0.1) is 0 Å². The molecule has 0 bridgehead atoms. The number of rotatable bonds is 6. The van der Waals surface area contributed by atoms with Gasteiger partial charge in [-0.2, -0.15) is 0 Å². The third-order valence-electron chi connectivity index (χ3n) is 4.00. The predicted octanol–water partition coefficient (Wildman–Crippen LogP) is 3.72. The van der Waals surface area contributed by atoms with Crippen LogP contribution in [0.4, 0.5) is 5.13 Å². The first-order valence-corrected chi connectivity index (χ1v) is 9.52. The van der Waals surface area contributed by atoms with E-state index in [2.05, 4.69) is 15.5 Å². The minimum atomic E-state index is 0.261. The Morgan fingerprint density at radius 2 is 2.00 bits per heavy atom. The largest absolute Gasteiger partial charge is 0.486 e. The average molecular weight is 395 g/mol. The van der Waals surface area contributed by atoms with Crippen molar-refractivity contribution in [2.45, 2.75) is 6.42 Å². The van der Waals surface area contributed by atoms with Crippen molar-refractivity contribution in [3.8, 4) is 22.8 Å². The van der Waals surface area contributed by atoms with Gasteiger partial charge in [0.05, 0.1) is 12.1 Å². The van der Waals surface area contributed by atoms with Gasteiger partial charge < -0.3 is 14.2 Å². The summed E-state index contributed by atoms with van der Waals surface area (Å²) in [6, 6.07) is 15.4. The van der Waals surface area contributed by atoms with Crippen LogP contribution in [-0.2, 0) is 16.0 Å². The second-order valence-corrected chi connectivity index (χ2v) is 6.75. The summed E-state index contributed by atoms with van der Waals surface area (Å²) in [5.74, 6) is 1.72. The average Bonchev–Trinajstić information content (AvgIpc) is 3.22. The first kappa shape index (κ1) is 18.0. The molecule has 1 aromatic heterocycles. The number of hydrogen-bond acceptors (Lipinski definition) is 8. The zero-order valence-corrected chi connectivity index (χ0v) is 15.6. The molecule has 1 aliphatic heterocycles. The van der Waals surface area contributed by atoms with Crippen molar-refractivity contribution in [2.75, 3.05) is 18.6 Å². The molecular formula is C20H17N3O4S. The predicted molar refractivity (Wildman–Crippen MR) is 107 cm³/mol. The molecule has 0 atom stereocenters. The molecule has 2 heterocycles. The van der Waals surface area contributed by atoms with Gasteiger partial charge in [-0.15, -0.1) is 16.4 Å². The number of nitrogens with zero attached hydrogens (tertiary/aromatic N) is 2. The van der Waals surface area contributed by atoms with Crippen molar-refractivity contribution in [3.63, 3.8) is 0 Å². The summed E-state index contributed by atoms with van der Waals surface area (Å²) in [6.07, 6.45) is 0.396. The van der Waals surface area contributed by atoms with E-state index in [1.807, 2.05) is 53.9 Å². The van der Waals surface area contributed by atoms with E-state index in [1.54, 1.807) is 0 Å². The Labute approximate surface area is 165 Å². The highest BCUT2D eigenvalue weighted by atomic mass is 32.1. The molecule has 2 aromatic carbocycles. The van der Waals surface area contributed by atoms with Crippen LogP contribution in [0.25, 0.3) is 11.3 Å². The fraction of sp³-hybridized carbons (Fsp3) is 0.150. The van der Waals surface area contributed by atoms with Crippen molar-refractivity contribution in [1.29, 1.82) is 0 Å². The molecule has 28 heavy (non-hydrogen) atoms. The molecule has 0 radical (unpaired) electrons. The zero-order chi connectivity index (χ0) is 19.2. The number of fused-ring (bicyclic) bond motifs is 1. The maximum Gasteiger partial charge on any atom is 0.299 e. The normalized spacial score (nSPS) is 13.1. The first-order valence-electron chi connectivity index (χ1n) is 8.64. The summed E-state index contributed by atoms with van der Waals surface area (Å²) in [4.78, 5) is 15.3. The summed E-state index contributed by atoms with van der Waals surface area (Å²) in [7, 11) is 0. The Bertz CT molecular complexity index is 988. The fourth-order valence-electron chi connectivity index (χ4n) is 2.70. The number of carbonyl (C=O) groups excluding carboxylic acids is 1. The van der Waals surface area contributed by atoms with E-state index in [0.717, 1.165) is 22.6 Å². The molecule has 7 nitrogen and oxygen atoms in total. The molecule has 1 N–H and O–H groups in total. The minimum Gasteiger partial charge on any atom is -0.486 e. The number of thiazole rings is 1. The second kappa shape index (κ2) is 8.53. The number of hydrazone groups is 1. The summed E-state index contributed by atoms with van der Waals surface area (Å²) in [5, 5.41) is 6.68. The highest BCUT2D eigenvalue weighted by Gasteiger charge is 2.14.